The number of nitrogens with one attached hydrogen (secondary N) is 1. The Morgan fingerprint density at radius 3 is 2.78 bits per heavy atom. The molecular weight excluding hydrogens is 346 g/mol. The Morgan fingerprint density at radius 1 is 1.22 bits per heavy atom. The maximum absolute atomic E-state index is 11.9. The Kier molecular flexibility index (Phi) is 5.32. The van der Waals surface area contributed by atoms with Crippen LogP contribution in [0.25, 0.3) is 10.6 Å². The van der Waals surface area contributed by atoms with Crippen LogP contribution in [0.4, 0.5) is 5.13 Å². The third kappa shape index (κ3) is 4.57. The summed E-state index contributed by atoms with van der Waals surface area (Å²) in [5, 5.41) is 5.46. The van der Waals surface area contributed by atoms with Gasteiger partial charge < -0.3 is 11.1 Å². The number of hydrogen-bond acceptors (Lipinski definition) is 6. The summed E-state index contributed by atoms with van der Waals surface area (Å²) in [6, 6.07) is 13.9. The number of nitrogen functional groups attached to an aromatic ring is 1. The lowest BCUT2D eigenvalue weighted by atomic mass is 10.3. The Hall–Kier alpha value is -1.83. The van der Waals surface area contributed by atoms with Crippen LogP contribution in [-0.2, 0) is 11.3 Å². The molecule has 0 fully saturated rings. The number of carbonyl (C=O) groups excluding carboxylic acids is 1. The topological polar surface area (TPSA) is 68.0 Å². The molecule has 0 atom stereocenters. The van der Waals surface area contributed by atoms with Crippen molar-refractivity contribution < 1.29 is 4.79 Å². The summed E-state index contributed by atoms with van der Waals surface area (Å²) in [5.74, 6) is 0.455. The van der Waals surface area contributed by atoms with Crippen LogP contribution in [0.5, 0.6) is 0 Å². The summed E-state index contributed by atoms with van der Waals surface area (Å²) in [6.45, 7) is 0.540. The van der Waals surface area contributed by atoms with Crippen LogP contribution in [0.1, 0.15) is 4.88 Å². The fraction of sp³-hybridized carbons (Fsp3) is 0.125. The molecule has 118 valence electrons. The highest BCUT2D eigenvalue weighted by atomic mass is 32.2. The molecule has 4 nitrogen and oxygen atoms in total. The highest BCUT2D eigenvalue weighted by Crippen LogP contribution is 2.29. The molecule has 0 saturated heterocycles. The molecule has 7 heteroatoms. The van der Waals surface area contributed by atoms with Crippen molar-refractivity contribution in [1.82, 2.24) is 10.3 Å². The second-order valence-electron chi connectivity index (χ2n) is 4.72. The monoisotopic (exact) mass is 361 g/mol. The molecule has 2 heterocycles. The first-order valence-corrected chi connectivity index (χ1v) is 9.63. The zero-order chi connectivity index (χ0) is 16.1. The Labute approximate surface area is 146 Å². The van der Waals surface area contributed by atoms with E-state index in [9.17, 15) is 4.79 Å². The molecule has 3 N–H and O–H groups in total. The highest BCUT2D eigenvalue weighted by Gasteiger charge is 2.08. The molecule has 1 amide bonds. The second-order valence-corrected chi connectivity index (χ2v) is 7.82. The van der Waals surface area contributed by atoms with Crippen molar-refractivity contribution in [2.45, 2.75) is 11.4 Å². The van der Waals surface area contributed by atoms with Crippen molar-refractivity contribution in [3.05, 3.63) is 52.7 Å². The Balaban J connectivity index is 1.48. The van der Waals surface area contributed by atoms with E-state index in [-0.39, 0.29) is 5.91 Å². The van der Waals surface area contributed by atoms with Gasteiger partial charge in [-0.05, 0) is 24.3 Å². The summed E-state index contributed by atoms with van der Waals surface area (Å²) < 4.78 is 0. The standard InChI is InChI=1S/C16H15N3OS3/c17-16-19-13(9-22-16)14-7-6-12(23-14)8-18-15(20)10-21-11-4-2-1-3-5-11/h1-7,9H,8,10H2,(H2,17,19)(H,18,20). The molecule has 3 aromatic rings. The molecule has 0 spiro atoms. The summed E-state index contributed by atoms with van der Waals surface area (Å²) in [6.07, 6.45) is 0. The van der Waals surface area contributed by atoms with Crippen LogP contribution in [0.3, 0.4) is 0 Å². The smallest absolute Gasteiger partial charge is 0.230 e. The van der Waals surface area contributed by atoms with E-state index in [0.717, 1.165) is 20.3 Å². The van der Waals surface area contributed by atoms with E-state index in [2.05, 4.69) is 10.3 Å². The van der Waals surface area contributed by atoms with Crippen LogP contribution >= 0.6 is 34.4 Å². The average molecular weight is 362 g/mol. The molecular formula is C16H15N3OS3. The van der Waals surface area contributed by atoms with Gasteiger partial charge in [0.2, 0.25) is 5.91 Å². The second kappa shape index (κ2) is 7.63. The third-order valence-corrected chi connectivity index (χ3v) is 5.80. The Morgan fingerprint density at radius 2 is 2.04 bits per heavy atom. The van der Waals surface area contributed by atoms with Gasteiger partial charge in [-0.25, -0.2) is 4.98 Å². The molecule has 23 heavy (non-hydrogen) atoms. The number of thiophene rings is 1. The fourth-order valence-electron chi connectivity index (χ4n) is 1.91. The quantitative estimate of drug-likeness (QED) is 0.654. The lowest BCUT2D eigenvalue weighted by Gasteiger charge is -2.03. The number of thioether (sulfide) groups is 1. The van der Waals surface area contributed by atoms with Crippen LogP contribution in [0.2, 0.25) is 0 Å². The van der Waals surface area contributed by atoms with Crippen molar-refractivity contribution in [2.24, 2.45) is 0 Å². The van der Waals surface area contributed by atoms with Crippen molar-refractivity contribution in [3.63, 3.8) is 0 Å². The number of aromatic nitrogens is 1. The predicted molar refractivity (Wildman–Crippen MR) is 98.9 cm³/mol. The minimum absolute atomic E-state index is 0.0340. The number of thiazole rings is 1. The molecule has 0 saturated carbocycles. The van der Waals surface area contributed by atoms with Crippen molar-refractivity contribution >= 4 is 45.5 Å². The number of benzene rings is 1. The van der Waals surface area contributed by atoms with Gasteiger partial charge >= 0.3 is 0 Å². The minimum Gasteiger partial charge on any atom is -0.375 e. The summed E-state index contributed by atoms with van der Waals surface area (Å²) in [7, 11) is 0. The first-order chi connectivity index (χ1) is 11.2. The molecule has 3 rings (SSSR count). The summed E-state index contributed by atoms with van der Waals surface area (Å²) in [5.41, 5.74) is 6.55. The van der Waals surface area contributed by atoms with E-state index in [1.165, 1.54) is 23.1 Å². The van der Waals surface area contributed by atoms with E-state index in [1.807, 2.05) is 47.8 Å². The SMILES string of the molecule is Nc1nc(-c2ccc(CNC(=O)CSc3ccccc3)s2)cs1. The number of hydrogen-bond donors (Lipinski definition) is 2. The third-order valence-electron chi connectivity index (χ3n) is 3.01. The van der Waals surface area contributed by atoms with Gasteiger partial charge in [0.05, 0.1) is 22.9 Å². The van der Waals surface area contributed by atoms with Gasteiger partial charge in [0.1, 0.15) is 0 Å². The van der Waals surface area contributed by atoms with E-state index in [4.69, 9.17) is 5.73 Å². The first kappa shape index (κ1) is 16.0. The lowest BCUT2D eigenvalue weighted by molar-refractivity contribution is -0.118. The zero-order valence-corrected chi connectivity index (χ0v) is 14.6. The van der Waals surface area contributed by atoms with Crippen LogP contribution in [0, 0.1) is 0 Å². The normalized spacial score (nSPS) is 10.6. The number of anilines is 1. The number of amides is 1. The maximum Gasteiger partial charge on any atom is 0.230 e. The number of nitrogens with two attached hydrogens (primary N) is 1. The summed E-state index contributed by atoms with van der Waals surface area (Å²) >= 11 is 4.59. The van der Waals surface area contributed by atoms with E-state index < -0.39 is 0 Å². The lowest BCUT2D eigenvalue weighted by Crippen LogP contribution is -2.24. The molecule has 0 bridgehead atoms. The van der Waals surface area contributed by atoms with Crippen molar-refractivity contribution in [3.8, 4) is 10.6 Å². The molecule has 0 aliphatic rings. The van der Waals surface area contributed by atoms with Crippen molar-refractivity contribution in [2.75, 3.05) is 11.5 Å². The number of nitrogens with zero attached hydrogens (tertiary/aromatic N) is 1. The van der Waals surface area contributed by atoms with Gasteiger partial charge in [-0.1, -0.05) is 18.2 Å². The largest absolute Gasteiger partial charge is 0.375 e. The maximum atomic E-state index is 11.9. The van der Waals surface area contributed by atoms with Gasteiger partial charge in [-0.15, -0.1) is 34.4 Å². The van der Waals surface area contributed by atoms with Gasteiger partial charge in [-0.2, -0.15) is 0 Å². The average Bonchev–Trinajstić information content (AvgIpc) is 3.20. The molecule has 1 aromatic carbocycles. The van der Waals surface area contributed by atoms with E-state index in [0.29, 0.717) is 17.4 Å². The van der Waals surface area contributed by atoms with Gasteiger partial charge in [0, 0.05) is 15.2 Å². The van der Waals surface area contributed by atoms with E-state index >= 15 is 0 Å². The van der Waals surface area contributed by atoms with Crippen LogP contribution < -0.4 is 11.1 Å². The molecule has 2 aromatic heterocycles. The minimum atomic E-state index is 0.0340. The number of rotatable bonds is 6. The van der Waals surface area contributed by atoms with Gasteiger partial charge in [0.15, 0.2) is 5.13 Å². The zero-order valence-electron chi connectivity index (χ0n) is 12.2. The van der Waals surface area contributed by atoms with Crippen molar-refractivity contribution in [1.29, 1.82) is 0 Å². The van der Waals surface area contributed by atoms with Gasteiger partial charge in [-0.3, -0.25) is 4.79 Å². The van der Waals surface area contributed by atoms with Crippen LogP contribution in [0.15, 0.2) is 52.7 Å². The fourth-order valence-corrected chi connectivity index (χ4v) is 4.21. The Bertz CT molecular complexity index is 783. The molecule has 0 aliphatic carbocycles. The molecule has 0 radical (unpaired) electrons. The predicted octanol–water partition coefficient (Wildman–Crippen LogP) is 3.86. The van der Waals surface area contributed by atoms with Gasteiger partial charge in [0.25, 0.3) is 0 Å². The van der Waals surface area contributed by atoms with Crippen LogP contribution in [-0.4, -0.2) is 16.6 Å². The number of carbonyl (C=O) groups is 1. The summed E-state index contributed by atoms with van der Waals surface area (Å²) in [4.78, 5) is 19.5. The highest BCUT2D eigenvalue weighted by molar-refractivity contribution is 8.00. The van der Waals surface area contributed by atoms with E-state index in [1.54, 1.807) is 11.3 Å². The molecule has 0 unspecified atom stereocenters. The molecule has 0 aliphatic heterocycles. The first-order valence-electron chi connectivity index (χ1n) is 6.95.